The fourth-order valence-corrected chi connectivity index (χ4v) is 2.07. The molecule has 0 saturated carbocycles. The zero-order chi connectivity index (χ0) is 14.4. The standard InChI is InChI=1S/C16H24N4/c1-14(2)17-10-12-19(3)13-15-9-11-20(18-15)16-7-5-4-6-8-16/h4-9,11,14,17H,10,12-13H2,1-3H3. The van der Waals surface area contributed by atoms with Gasteiger partial charge < -0.3 is 5.32 Å². The Morgan fingerprint density at radius 1 is 1.20 bits per heavy atom. The largest absolute Gasteiger partial charge is 0.313 e. The van der Waals surface area contributed by atoms with Crippen molar-refractivity contribution in [3.05, 3.63) is 48.3 Å². The molecule has 1 heterocycles. The van der Waals surface area contributed by atoms with Gasteiger partial charge in [-0.3, -0.25) is 4.90 Å². The van der Waals surface area contributed by atoms with E-state index in [0.29, 0.717) is 6.04 Å². The van der Waals surface area contributed by atoms with Gasteiger partial charge in [0.2, 0.25) is 0 Å². The molecule has 4 heteroatoms. The lowest BCUT2D eigenvalue weighted by molar-refractivity contribution is 0.316. The predicted molar refractivity (Wildman–Crippen MR) is 83.0 cm³/mol. The maximum absolute atomic E-state index is 4.62. The number of hydrogen-bond acceptors (Lipinski definition) is 3. The first-order chi connectivity index (χ1) is 9.65. The van der Waals surface area contributed by atoms with E-state index in [1.165, 1.54) is 0 Å². The number of hydrogen-bond donors (Lipinski definition) is 1. The number of benzene rings is 1. The van der Waals surface area contributed by atoms with Crippen molar-refractivity contribution in [1.82, 2.24) is 20.0 Å². The average Bonchev–Trinajstić information content (AvgIpc) is 2.88. The molecule has 0 fully saturated rings. The van der Waals surface area contributed by atoms with Crippen LogP contribution in [0.2, 0.25) is 0 Å². The van der Waals surface area contributed by atoms with Gasteiger partial charge in [-0.1, -0.05) is 32.0 Å². The molecule has 0 amide bonds. The maximum Gasteiger partial charge on any atom is 0.0769 e. The summed E-state index contributed by atoms with van der Waals surface area (Å²) in [5.74, 6) is 0. The summed E-state index contributed by atoms with van der Waals surface area (Å²) in [6, 6.07) is 12.8. The highest BCUT2D eigenvalue weighted by Gasteiger charge is 2.05. The molecule has 0 spiro atoms. The van der Waals surface area contributed by atoms with Gasteiger partial charge in [-0.25, -0.2) is 4.68 Å². The van der Waals surface area contributed by atoms with Crippen LogP contribution in [-0.4, -0.2) is 40.9 Å². The summed E-state index contributed by atoms with van der Waals surface area (Å²) in [5, 5.41) is 8.04. The Morgan fingerprint density at radius 2 is 1.95 bits per heavy atom. The van der Waals surface area contributed by atoms with E-state index in [1.807, 2.05) is 29.1 Å². The molecule has 0 unspecified atom stereocenters. The van der Waals surface area contributed by atoms with Crippen LogP contribution in [0.15, 0.2) is 42.6 Å². The number of likely N-dealkylation sites (N-methyl/N-ethyl adjacent to an activating group) is 1. The Kier molecular flexibility index (Phi) is 5.32. The van der Waals surface area contributed by atoms with E-state index in [1.54, 1.807) is 0 Å². The summed E-state index contributed by atoms with van der Waals surface area (Å²) in [6.07, 6.45) is 2.02. The highest BCUT2D eigenvalue weighted by Crippen LogP contribution is 2.07. The third-order valence-electron chi connectivity index (χ3n) is 3.14. The normalized spacial score (nSPS) is 11.4. The molecule has 0 aliphatic heterocycles. The summed E-state index contributed by atoms with van der Waals surface area (Å²) in [6.45, 7) is 7.24. The van der Waals surface area contributed by atoms with Gasteiger partial charge in [-0.15, -0.1) is 0 Å². The smallest absolute Gasteiger partial charge is 0.0769 e. The monoisotopic (exact) mass is 272 g/mol. The Labute approximate surface area is 121 Å². The lowest BCUT2D eigenvalue weighted by Gasteiger charge is -2.16. The molecule has 108 valence electrons. The van der Waals surface area contributed by atoms with E-state index < -0.39 is 0 Å². The minimum absolute atomic E-state index is 0.542. The molecular formula is C16H24N4. The molecule has 0 bridgehead atoms. The summed E-state index contributed by atoms with van der Waals surface area (Å²) in [4.78, 5) is 2.28. The van der Waals surface area contributed by atoms with E-state index in [2.05, 4.69) is 54.4 Å². The van der Waals surface area contributed by atoms with Crippen molar-refractivity contribution < 1.29 is 0 Å². The lowest BCUT2D eigenvalue weighted by atomic mass is 10.3. The van der Waals surface area contributed by atoms with Gasteiger partial charge in [-0.05, 0) is 25.2 Å². The molecular weight excluding hydrogens is 248 g/mol. The second-order valence-corrected chi connectivity index (χ2v) is 5.43. The molecule has 0 atom stereocenters. The topological polar surface area (TPSA) is 33.1 Å². The van der Waals surface area contributed by atoms with Crippen molar-refractivity contribution >= 4 is 0 Å². The van der Waals surface area contributed by atoms with Gasteiger partial charge in [0.15, 0.2) is 0 Å². The summed E-state index contributed by atoms with van der Waals surface area (Å²) < 4.78 is 1.93. The van der Waals surface area contributed by atoms with E-state index >= 15 is 0 Å². The zero-order valence-corrected chi connectivity index (χ0v) is 12.6. The van der Waals surface area contributed by atoms with Crippen LogP contribution in [0.5, 0.6) is 0 Å². The first-order valence-electron chi connectivity index (χ1n) is 7.17. The van der Waals surface area contributed by atoms with Gasteiger partial charge in [0.1, 0.15) is 0 Å². The fraction of sp³-hybridized carbons (Fsp3) is 0.438. The quantitative estimate of drug-likeness (QED) is 0.839. The third kappa shape index (κ3) is 4.47. The summed E-state index contributed by atoms with van der Waals surface area (Å²) in [5.41, 5.74) is 2.20. The summed E-state index contributed by atoms with van der Waals surface area (Å²) in [7, 11) is 2.13. The van der Waals surface area contributed by atoms with Crippen LogP contribution in [0.25, 0.3) is 5.69 Å². The van der Waals surface area contributed by atoms with E-state index in [-0.39, 0.29) is 0 Å². The Hall–Kier alpha value is -1.65. The number of nitrogens with one attached hydrogen (secondary N) is 1. The Bertz CT molecular complexity index is 504. The molecule has 1 aromatic carbocycles. The molecule has 0 aliphatic rings. The van der Waals surface area contributed by atoms with E-state index in [4.69, 9.17) is 0 Å². The maximum atomic E-state index is 4.62. The van der Waals surface area contributed by atoms with Crippen molar-refractivity contribution in [2.45, 2.75) is 26.4 Å². The Balaban J connectivity index is 1.86. The number of aromatic nitrogens is 2. The molecule has 20 heavy (non-hydrogen) atoms. The van der Waals surface area contributed by atoms with E-state index in [0.717, 1.165) is 31.0 Å². The van der Waals surface area contributed by atoms with Crippen molar-refractivity contribution in [1.29, 1.82) is 0 Å². The van der Waals surface area contributed by atoms with Crippen LogP contribution in [0.3, 0.4) is 0 Å². The molecule has 2 rings (SSSR count). The zero-order valence-electron chi connectivity index (χ0n) is 12.6. The van der Waals surface area contributed by atoms with Crippen molar-refractivity contribution in [2.24, 2.45) is 0 Å². The third-order valence-corrected chi connectivity index (χ3v) is 3.14. The first-order valence-corrected chi connectivity index (χ1v) is 7.17. The molecule has 0 saturated heterocycles. The SMILES string of the molecule is CC(C)NCCN(C)Cc1ccn(-c2ccccc2)n1. The number of nitrogens with zero attached hydrogens (tertiary/aromatic N) is 3. The van der Waals surface area contributed by atoms with Crippen LogP contribution < -0.4 is 5.32 Å². The van der Waals surface area contributed by atoms with Crippen molar-refractivity contribution in [2.75, 3.05) is 20.1 Å². The van der Waals surface area contributed by atoms with Crippen LogP contribution >= 0.6 is 0 Å². The number of rotatable bonds is 7. The van der Waals surface area contributed by atoms with E-state index in [9.17, 15) is 0 Å². The second kappa shape index (κ2) is 7.22. The van der Waals surface area contributed by atoms with Gasteiger partial charge >= 0.3 is 0 Å². The lowest BCUT2D eigenvalue weighted by Crippen LogP contribution is -2.32. The van der Waals surface area contributed by atoms with Gasteiger partial charge in [-0.2, -0.15) is 5.10 Å². The highest BCUT2D eigenvalue weighted by atomic mass is 15.3. The first kappa shape index (κ1) is 14.8. The molecule has 0 aliphatic carbocycles. The molecule has 1 aromatic heterocycles. The molecule has 4 nitrogen and oxygen atoms in total. The minimum Gasteiger partial charge on any atom is -0.313 e. The van der Waals surface area contributed by atoms with Crippen LogP contribution in [-0.2, 0) is 6.54 Å². The number of para-hydroxylation sites is 1. The van der Waals surface area contributed by atoms with Crippen molar-refractivity contribution in [3.8, 4) is 5.69 Å². The van der Waals surface area contributed by atoms with Crippen molar-refractivity contribution in [3.63, 3.8) is 0 Å². The van der Waals surface area contributed by atoms with Crippen LogP contribution in [0.4, 0.5) is 0 Å². The highest BCUT2D eigenvalue weighted by molar-refractivity contribution is 5.30. The average molecular weight is 272 g/mol. The summed E-state index contributed by atoms with van der Waals surface area (Å²) >= 11 is 0. The van der Waals surface area contributed by atoms with Gasteiger partial charge in [0, 0.05) is 31.9 Å². The fourth-order valence-electron chi connectivity index (χ4n) is 2.07. The van der Waals surface area contributed by atoms with Crippen LogP contribution in [0, 0.1) is 0 Å². The van der Waals surface area contributed by atoms with Gasteiger partial charge in [0.05, 0.1) is 11.4 Å². The molecule has 2 aromatic rings. The second-order valence-electron chi connectivity index (χ2n) is 5.43. The minimum atomic E-state index is 0.542. The van der Waals surface area contributed by atoms with Gasteiger partial charge in [0.25, 0.3) is 0 Å². The molecule has 0 radical (unpaired) electrons. The van der Waals surface area contributed by atoms with Crippen LogP contribution in [0.1, 0.15) is 19.5 Å². The Morgan fingerprint density at radius 3 is 2.65 bits per heavy atom. The molecule has 1 N–H and O–H groups in total. The predicted octanol–water partition coefficient (Wildman–Crippen LogP) is 2.30.